The molecule has 17 heavy (non-hydrogen) atoms. The Morgan fingerprint density at radius 2 is 2.12 bits per heavy atom. The number of nitrogens with two attached hydrogens (primary N) is 1. The number of hydrogen-bond acceptors (Lipinski definition) is 3. The molecule has 1 aromatic heterocycles. The molecular formula is C14H26N2O. The number of aryl methyl sites for hydroxylation is 1. The van der Waals surface area contributed by atoms with Crippen LogP contribution in [0.15, 0.2) is 16.5 Å². The first-order valence-electron chi connectivity index (χ1n) is 6.73. The summed E-state index contributed by atoms with van der Waals surface area (Å²) >= 11 is 0. The Hall–Kier alpha value is -0.800. The Balaban J connectivity index is 2.55. The molecule has 0 spiro atoms. The van der Waals surface area contributed by atoms with Gasteiger partial charge in [-0.3, -0.25) is 5.84 Å². The largest absolute Gasteiger partial charge is 0.465 e. The highest BCUT2D eigenvalue weighted by Crippen LogP contribution is 2.27. The van der Waals surface area contributed by atoms with E-state index in [4.69, 9.17) is 10.3 Å². The van der Waals surface area contributed by atoms with E-state index in [9.17, 15) is 0 Å². The fourth-order valence-corrected chi connectivity index (χ4v) is 2.22. The zero-order valence-corrected chi connectivity index (χ0v) is 11.3. The lowest BCUT2D eigenvalue weighted by molar-refractivity contribution is 0.317. The maximum atomic E-state index is 5.64. The van der Waals surface area contributed by atoms with E-state index in [0.29, 0.717) is 0 Å². The molecule has 2 atom stereocenters. The summed E-state index contributed by atoms with van der Waals surface area (Å²) in [4.78, 5) is 0. The van der Waals surface area contributed by atoms with E-state index in [1.54, 1.807) is 0 Å². The molecule has 1 rings (SSSR count). The van der Waals surface area contributed by atoms with Crippen molar-refractivity contribution in [3.8, 4) is 0 Å². The Bertz CT molecular complexity index is 309. The average molecular weight is 238 g/mol. The quantitative estimate of drug-likeness (QED) is 0.536. The van der Waals surface area contributed by atoms with Gasteiger partial charge in [-0.1, -0.05) is 39.5 Å². The van der Waals surface area contributed by atoms with E-state index in [0.717, 1.165) is 23.9 Å². The molecule has 0 amide bonds. The number of hydrogen-bond donors (Lipinski definition) is 2. The molecule has 1 aromatic rings. The van der Waals surface area contributed by atoms with Crippen LogP contribution in [-0.2, 0) is 0 Å². The summed E-state index contributed by atoms with van der Waals surface area (Å²) in [7, 11) is 0. The third kappa shape index (κ3) is 4.52. The third-order valence-corrected chi connectivity index (χ3v) is 3.42. The van der Waals surface area contributed by atoms with Crippen LogP contribution in [0.25, 0.3) is 0 Å². The van der Waals surface area contributed by atoms with E-state index >= 15 is 0 Å². The minimum Gasteiger partial charge on any atom is -0.465 e. The average Bonchev–Trinajstić information content (AvgIpc) is 2.76. The smallest absolute Gasteiger partial charge is 0.122 e. The standard InChI is InChI=1S/C14H26N2O/c1-4-6-7-12(5-2)10-13(16-15)14-9-8-11(3)17-14/h8-9,12-13,16H,4-7,10,15H2,1-3H3. The molecule has 0 bridgehead atoms. The van der Waals surface area contributed by atoms with Crippen molar-refractivity contribution in [2.45, 2.75) is 58.9 Å². The van der Waals surface area contributed by atoms with Gasteiger partial charge in [0.15, 0.2) is 0 Å². The lowest BCUT2D eigenvalue weighted by Crippen LogP contribution is -2.29. The van der Waals surface area contributed by atoms with Gasteiger partial charge in [0, 0.05) is 0 Å². The zero-order valence-electron chi connectivity index (χ0n) is 11.3. The third-order valence-electron chi connectivity index (χ3n) is 3.42. The van der Waals surface area contributed by atoms with Crippen LogP contribution in [0, 0.1) is 12.8 Å². The number of unbranched alkanes of at least 4 members (excludes halogenated alkanes) is 1. The van der Waals surface area contributed by atoms with Crippen LogP contribution in [-0.4, -0.2) is 0 Å². The van der Waals surface area contributed by atoms with Crippen molar-refractivity contribution in [1.29, 1.82) is 0 Å². The molecule has 98 valence electrons. The Kier molecular flexibility index (Phi) is 6.30. The van der Waals surface area contributed by atoms with Gasteiger partial charge in [0.2, 0.25) is 0 Å². The summed E-state index contributed by atoms with van der Waals surface area (Å²) in [5, 5.41) is 0. The fraction of sp³-hybridized carbons (Fsp3) is 0.714. The number of hydrazine groups is 1. The van der Waals surface area contributed by atoms with Crippen molar-refractivity contribution >= 4 is 0 Å². The van der Waals surface area contributed by atoms with Gasteiger partial charge in [-0.25, -0.2) is 5.43 Å². The van der Waals surface area contributed by atoms with Crippen molar-refractivity contribution in [3.63, 3.8) is 0 Å². The van der Waals surface area contributed by atoms with E-state index in [-0.39, 0.29) is 6.04 Å². The van der Waals surface area contributed by atoms with Crippen LogP contribution in [0.3, 0.4) is 0 Å². The maximum Gasteiger partial charge on any atom is 0.122 e. The Morgan fingerprint density at radius 3 is 2.59 bits per heavy atom. The molecule has 1 heterocycles. The van der Waals surface area contributed by atoms with Crippen molar-refractivity contribution in [1.82, 2.24) is 5.43 Å². The summed E-state index contributed by atoms with van der Waals surface area (Å²) in [6.45, 7) is 6.45. The van der Waals surface area contributed by atoms with Crippen molar-refractivity contribution in [3.05, 3.63) is 23.7 Å². The van der Waals surface area contributed by atoms with E-state index < -0.39 is 0 Å². The summed E-state index contributed by atoms with van der Waals surface area (Å²) in [6.07, 6.45) is 6.10. The van der Waals surface area contributed by atoms with E-state index in [2.05, 4.69) is 19.3 Å². The molecule has 2 unspecified atom stereocenters. The van der Waals surface area contributed by atoms with E-state index in [1.165, 1.54) is 25.7 Å². The van der Waals surface area contributed by atoms with Crippen molar-refractivity contribution < 1.29 is 4.42 Å². The van der Waals surface area contributed by atoms with Crippen LogP contribution in [0.1, 0.15) is 63.5 Å². The van der Waals surface area contributed by atoms with Crippen LogP contribution in [0.2, 0.25) is 0 Å². The first-order valence-corrected chi connectivity index (χ1v) is 6.73. The summed E-state index contributed by atoms with van der Waals surface area (Å²) in [5.41, 5.74) is 2.88. The molecule has 0 fully saturated rings. The molecule has 3 N–H and O–H groups in total. The lowest BCUT2D eigenvalue weighted by atomic mass is 9.91. The first kappa shape index (κ1) is 14.3. The Labute approximate surface area is 105 Å². The van der Waals surface area contributed by atoms with Crippen LogP contribution < -0.4 is 11.3 Å². The SMILES string of the molecule is CCCCC(CC)CC(NN)c1ccc(C)o1. The molecule has 3 heteroatoms. The van der Waals surface area contributed by atoms with Gasteiger partial charge in [-0.05, 0) is 31.4 Å². The molecule has 3 nitrogen and oxygen atoms in total. The van der Waals surface area contributed by atoms with Gasteiger partial charge in [-0.15, -0.1) is 0 Å². The topological polar surface area (TPSA) is 51.2 Å². The van der Waals surface area contributed by atoms with Gasteiger partial charge in [0.25, 0.3) is 0 Å². The van der Waals surface area contributed by atoms with Gasteiger partial charge in [0.1, 0.15) is 11.5 Å². The number of furan rings is 1. The summed E-state index contributed by atoms with van der Waals surface area (Å²) in [5.74, 6) is 8.26. The van der Waals surface area contributed by atoms with Gasteiger partial charge in [0.05, 0.1) is 6.04 Å². The molecule has 0 saturated heterocycles. The molecular weight excluding hydrogens is 212 g/mol. The first-order chi connectivity index (χ1) is 8.21. The highest BCUT2D eigenvalue weighted by atomic mass is 16.3. The second kappa shape index (κ2) is 7.51. The van der Waals surface area contributed by atoms with E-state index in [1.807, 2.05) is 19.1 Å². The normalized spacial score (nSPS) is 14.8. The minimum atomic E-state index is 0.144. The monoisotopic (exact) mass is 238 g/mol. The maximum absolute atomic E-state index is 5.64. The summed E-state index contributed by atoms with van der Waals surface area (Å²) < 4.78 is 5.64. The van der Waals surface area contributed by atoms with Crippen LogP contribution in [0.5, 0.6) is 0 Å². The number of nitrogens with one attached hydrogen (secondary N) is 1. The number of rotatable bonds is 8. The van der Waals surface area contributed by atoms with Crippen molar-refractivity contribution in [2.75, 3.05) is 0 Å². The molecule has 0 aliphatic heterocycles. The molecule has 0 radical (unpaired) electrons. The minimum absolute atomic E-state index is 0.144. The molecule has 0 aliphatic rings. The fourth-order valence-electron chi connectivity index (χ4n) is 2.22. The van der Waals surface area contributed by atoms with Crippen molar-refractivity contribution in [2.24, 2.45) is 11.8 Å². The van der Waals surface area contributed by atoms with Crippen LogP contribution >= 0.6 is 0 Å². The Morgan fingerprint density at radius 1 is 1.35 bits per heavy atom. The predicted molar refractivity (Wildman–Crippen MR) is 71.4 cm³/mol. The highest BCUT2D eigenvalue weighted by Gasteiger charge is 2.18. The zero-order chi connectivity index (χ0) is 12.7. The molecule has 0 aromatic carbocycles. The second-order valence-corrected chi connectivity index (χ2v) is 4.82. The van der Waals surface area contributed by atoms with Gasteiger partial charge in [-0.2, -0.15) is 0 Å². The highest BCUT2D eigenvalue weighted by molar-refractivity contribution is 5.09. The van der Waals surface area contributed by atoms with Gasteiger partial charge < -0.3 is 4.42 Å². The molecule has 0 saturated carbocycles. The summed E-state index contributed by atoms with van der Waals surface area (Å²) in [6, 6.07) is 4.16. The lowest BCUT2D eigenvalue weighted by Gasteiger charge is -2.20. The van der Waals surface area contributed by atoms with Crippen LogP contribution in [0.4, 0.5) is 0 Å². The predicted octanol–water partition coefficient (Wildman–Crippen LogP) is 3.70. The second-order valence-electron chi connectivity index (χ2n) is 4.82. The van der Waals surface area contributed by atoms with Gasteiger partial charge >= 0.3 is 0 Å². The molecule has 0 aliphatic carbocycles.